The third-order valence-electron chi connectivity index (χ3n) is 3.18. The number of amides is 1. The van der Waals surface area contributed by atoms with Crippen LogP contribution in [-0.2, 0) is 4.79 Å². The molecule has 122 valence electrons. The Morgan fingerprint density at radius 3 is 2.67 bits per heavy atom. The Kier molecular flexibility index (Phi) is 5.80. The van der Waals surface area contributed by atoms with Crippen LogP contribution < -0.4 is 5.32 Å². The van der Waals surface area contributed by atoms with E-state index in [4.69, 9.17) is 23.2 Å². The van der Waals surface area contributed by atoms with Gasteiger partial charge in [0.25, 0.3) is 5.91 Å². The molecule has 0 aliphatic carbocycles. The van der Waals surface area contributed by atoms with Gasteiger partial charge in [0.2, 0.25) is 0 Å². The Morgan fingerprint density at radius 1 is 1.42 bits per heavy atom. The van der Waals surface area contributed by atoms with Gasteiger partial charge in [0, 0.05) is 17.1 Å². The summed E-state index contributed by atoms with van der Waals surface area (Å²) in [5, 5.41) is 17.0. The van der Waals surface area contributed by atoms with E-state index in [0.717, 1.165) is 5.69 Å². The second kappa shape index (κ2) is 7.82. The smallest absolute Gasteiger partial charge is 0.262 e. The Hall–Kier alpha value is -2.55. The summed E-state index contributed by atoms with van der Waals surface area (Å²) in [6.45, 7) is 5.54. The molecular formula is C17H14Cl2N4O. The fourth-order valence-electron chi connectivity index (χ4n) is 1.98. The first-order chi connectivity index (χ1) is 11.5. The van der Waals surface area contributed by atoms with E-state index in [-0.39, 0.29) is 12.1 Å². The van der Waals surface area contributed by atoms with Crippen LogP contribution >= 0.6 is 23.2 Å². The van der Waals surface area contributed by atoms with Crippen molar-refractivity contribution in [1.82, 2.24) is 15.1 Å². The maximum Gasteiger partial charge on any atom is 0.262 e. The lowest BCUT2D eigenvalue weighted by molar-refractivity contribution is -0.116. The van der Waals surface area contributed by atoms with Crippen molar-refractivity contribution in [1.29, 1.82) is 5.26 Å². The van der Waals surface area contributed by atoms with Gasteiger partial charge in [-0.05, 0) is 37.3 Å². The van der Waals surface area contributed by atoms with Gasteiger partial charge in [-0.2, -0.15) is 10.4 Å². The summed E-state index contributed by atoms with van der Waals surface area (Å²) in [5.41, 5.74) is 1.77. The maximum absolute atomic E-state index is 11.9. The molecule has 2 rings (SSSR count). The van der Waals surface area contributed by atoms with E-state index in [0.29, 0.717) is 21.4 Å². The van der Waals surface area contributed by atoms with Gasteiger partial charge >= 0.3 is 0 Å². The molecule has 1 aromatic heterocycles. The van der Waals surface area contributed by atoms with Crippen LogP contribution in [0.1, 0.15) is 11.3 Å². The van der Waals surface area contributed by atoms with E-state index in [1.54, 1.807) is 31.2 Å². The standard InChI is InChI=1S/C17H14Cl2N4O/c1-3-8-21-17(24)12(10-20)9-15-11(2)22-23(16(15)19)14-6-4-13(18)5-7-14/h3-7,9H,1,8H2,2H3,(H,21,24). The van der Waals surface area contributed by atoms with Gasteiger partial charge in [-0.3, -0.25) is 4.79 Å². The lowest BCUT2D eigenvalue weighted by Gasteiger charge is -2.03. The average molecular weight is 361 g/mol. The minimum Gasteiger partial charge on any atom is -0.348 e. The average Bonchev–Trinajstić information content (AvgIpc) is 2.85. The third kappa shape index (κ3) is 3.85. The molecule has 0 aliphatic rings. The van der Waals surface area contributed by atoms with E-state index in [2.05, 4.69) is 17.0 Å². The van der Waals surface area contributed by atoms with Crippen molar-refractivity contribution in [2.75, 3.05) is 6.54 Å². The van der Waals surface area contributed by atoms with Gasteiger partial charge in [0.1, 0.15) is 16.8 Å². The fraction of sp³-hybridized carbons (Fsp3) is 0.118. The van der Waals surface area contributed by atoms with Crippen LogP contribution in [0.15, 0.2) is 42.5 Å². The number of carbonyl (C=O) groups is 1. The molecule has 0 bridgehead atoms. The second-order valence-corrected chi connectivity index (χ2v) is 5.64. The van der Waals surface area contributed by atoms with Gasteiger partial charge in [0.15, 0.2) is 0 Å². The number of aryl methyl sites for hydroxylation is 1. The monoisotopic (exact) mass is 360 g/mol. The first-order valence-electron chi connectivity index (χ1n) is 7.00. The number of halogens is 2. The Bertz CT molecular complexity index is 845. The lowest BCUT2D eigenvalue weighted by atomic mass is 10.1. The number of carbonyl (C=O) groups excluding carboxylic acids is 1. The highest BCUT2D eigenvalue weighted by molar-refractivity contribution is 6.31. The SMILES string of the molecule is C=CCNC(=O)C(C#N)=Cc1c(C)nn(-c2ccc(Cl)cc2)c1Cl. The number of nitriles is 1. The van der Waals surface area contributed by atoms with E-state index < -0.39 is 5.91 Å². The van der Waals surface area contributed by atoms with Crippen LogP contribution in [-0.4, -0.2) is 22.2 Å². The molecule has 0 radical (unpaired) electrons. The highest BCUT2D eigenvalue weighted by atomic mass is 35.5. The van der Waals surface area contributed by atoms with Crippen molar-refractivity contribution in [2.45, 2.75) is 6.92 Å². The number of rotatable bonds is 5. The van der Waals surface area contributed by atoms with Gasteiger partial charge in [-0.15, -0.1) is 6.58 Å². The molecule has 24 heavy (non-hydrogen) atoms. The molecule has 0 spiro atoms. The van der Waals surface area contributed by atoms with Crippen molar-refractivity contribution < 1.29 is 4.79 Å². The van der Waals surface area contributed by atoms with Gasteiger partial charge < -0.3 is 5.32 Å². The summed E-state index contributed by atoms with van der Waals surface area (Å²) in [4.78, 5) is 11.9. The molecule has 1 aromatic carbocycles. The van der Waals surface area contributed by atoms with Crippen LogP contribution in [0.2, 0.25) is 10.2 Å². The molecule has 5 nitrogen and oxygen atoms in total. The largest absolute Gasteiger partial charge is 0.348 e. The molecule has 0 atom stereocenters. The summed E-state index contributed by atoms with van der Waals surface area (Å²) in [6, 6.07) is 8.87. The zero-order chi connectivity index (χ0) is 17.7. The van der Waals surface area contributed by atoms with E-state index >= 15 is 0 Å². The summed E-state index contributed by atoms with van der Waals surface area (Å²) in [6.07, 6.45) is 2.96. The van der Waals surface area contributed by atoms with Gasteiger partial charge in [-0.25, -0.2) is 4.68 Å². The van der Waals surface area contributed by atoms with Crippen LogP contribution in [0, 0.1) is 18.3 Å². The number of hydrogen-bond acceptors (Lipinski definition) is 3. The normalized spacial score (nSPS) is 11.0. The van der Waals surface area contributed by atoms with Crippen molar-refractivity contribution in [3.05, 3.63) is 63.9 Å². The fourth-order valence-corrected chi connectivity index (χ4v) is 2.43. The molecule has 0 unspecified atom stereocenters. The first kappa shape index (κ1) is 17.8. The number of nitrogens with one attached hydrogen (secondary N) is 1. The van der Waals surface area contributed by atoms with Crippen LogP contribution in [0.4, 0.5) is 0 Å². The maximum atomic E-state index is 11.9. The Balaban J connectivity index is 2.43. The minimum absolute atomic E-state index is 0.0579. The van der Waals surface area contributed by atoms with Crippen LogP contribution in [0.3, 0.4) is 0 Å². The molecule has 0 saturated carbocycles. The van der Waals surface area contributed by atoms with Gasteiger partial charge in [-0.1, -0.05) is 29.3 Å². The summed E-state index contributed by atoms with van der Waals surface area (Å²) in [5.74, 6) is -0.493. The minimum atomic E-state index is -0.493. The molecule has 0 saturated heterocycles. The van der Waals surface area contributed by atoms with Crippen molar-refractivity contribution in [2.24, 2.45) is 0 Å². The molecule has 0 aliphatic heterocycles. The number of benzene rings is 1. The highest BCUT2D eigenvalue weighted by Gasteiger charge is 2.16. The molecule has 1 N–H and O–H groups in total. The number of hydrogen-bond donors (Lipinski definition) is 1. The van der Waals surface area contributed by atoms with Crippen LogP contribution in [0.5, 0.6) is 0 Å². The Morgan fingerprint density at radius 2 is 2.08 bits per heavy atom. The van der Waals surface area contributed by atoms with E-state index in [1.165, 1.54) is 16.8 Å². The van der Waals surface area contributed by atoms with Crippen molar-refractivity contribution >= 4 is 35.2 Å². The van der Waals surface area contributed by atoms with E-state index in [9.17, 15) is 10.1 Å². The molecular weight excluding hydrogens is 347 g/mol. The molecule has 7 heteroatoms. The molecule has 1 amide bonds. The summed E-state index contributed by atoms with van der Waals surface area (Å²) in [7, 11) is 0. The topological polar surface area (TPSA) is 70.7 Å². The number of aromatic nitrogens is 2. The molecule has 2 aromatic rings. The highest BCUT2D eigenvalue weighted by Crippen LogP contribution is 2.26. The quantitative estimate of drug-likeness (QED) is 0.502. The predicted molar refractivity (Wildman–Crippen MR) is 95.1 cm³/mol. The van der Waals surface area contributed by atoms with Crippen molar-refractivity contribution in [3.8, 4) is 11.8 Å². The number of nitrogens with zero attached hydrogens (tertiary/aromatic N) is 3. The van der Waals surface area contributed by atoms with Crippen LogP contribution in [0.25, 0.3) is 11.8 Å². The zero-order valence-electron chi connectivity index (χ0n) is 12.9. The summed E-state index contributed by atoms with van der Waals surface area (Å²) >= 11 is 12.3. The van der Waals surface area contributed by atoms with E-state index in [1.807, 2.05) is 6.07 Å². The van der Waals surface area contributed by atoms with Crippen molar-refractivity contribution in [3.63, 3.8) is 0 Å². The second-order valence-electron chi connectivity index (χ2n) is 4.85. The zero-order valence-corrected chi connectivity index (χ0v) is 14.4. The Labute approximate surface area is 149 Å². The first-order valence-corrected chi connectivity index (χ1v) is 7.75. The molecule has 0 fully saturated rings. The summed E-state index contributed by atoms with van der Waals surface area (Å²) < 4.78 is 1.52. The predicted octanol–water partition coefficient (Wildman–Crippen LogP) is 3.70. The third-order valence-corrected chi connectivity index (χ3v) is 3.80. The molecule has 1 heterocycles. The lowest BCUT2D eigenvalue weighted by Crippen LogP contribution is -2.24. The van der Waals surface area contributed by atoms with Gasteiger partial charge in [0.05, 0.1) is 11.4 Å².